The van der Waals surface area contributed by atoms with Crippen molar-refractivity contribution in [3.63, 3.8) is 0 Å². The molecule has 0 unspecified atom stereocenters. The molecule has 0 saturated carbocycles. The van der Waals surface area contributed by atoms with E-state index in [1.54, 1.807) is 48.5 Å². The average molecular weight is 354 g/mol. The first kappa shape index (κ1) is 19.0. The smallest absolute Gasteiger partial charge is 0.316 e. The minimum atomic E-state index is -0.620. The summed E-state index contributed by atoms with van der Waals surface area (Å²) in [6.45, 7) is 0.834. The summed E-state index contributed by atoms with van der Waals surface area (Å²) in [5.74, 6) is -0.228. The summed E-state index contributed by atoms with van der Waals surface area (Å²) in [6, 6.07) is 15.3. The van der Waals surface area contributed by atoms with Crippen LogP contribution in [0.1, 0.15) is 28.8 Å². The van der Waals surface area contributed by atoms with Gasteiger partial charge in [-0.2, -0.15) is 0 Å². The second-order valence-corrected chi connectivity index (χ2v) is 5.69. The van der Waals surface area contributed by atoms with Crippen LogP contribution in [0.15, 0.2) is 54.6 Å². The third kappa shape index (κ3) is 6.64. The number of benzene rings is 2. The molecule has 0 atom stereocenters. The molecular formula is C19H22N4O3. The van der Waals surface area contributed by atoms with Gasteiger partial charge in [0.1, 0.15) is 0 Å². The molecule has 0 saturated heterocycles. The van der Waals surface area contributed by atoms with Gasteiger partial charge in [0.2, 0.25) is 5.91 Å². The van der Waals surface area contributed by atoms with E-state index in [2.05, 4.69) is 16.0 Å². The highest BCUT2D eigenvalue weighted by molar-refractivity contribution is 5.94. The first-order chi connectivity index (χ1) is 12.5. The fourth-order valence-electron chi connectivity index (χ4n) is 2.28. The fraction of sp³-hybridized carbons (Fsp3) is 0.211. The minimum Gasteiger partial charge on any atom is -0.352 e. The van der Waals surface area contributed by atoms with Crippen LogP contribution in [0, 0.1) is 0 Å². The molecule has 26 heavy (non-hydrogen) atoms. The van der Waals surface area contributed by atoms with Crippen molar-refractivity contribution in [2.45, 2.75) is 19.4 Å². The number of primary amides is 1. The summed E-state index contributed by atoms with van der Waals surface area (Å²) in [7, 11) is 0. The summed E-state index contributed by atoms with van der Waals surface area (Å²) in [4.78, 5) is 34.4. The lowest BCUT2D eigenvalue weighted by Gasteiger charge is -2.08. The van der Waals surface area contributed by atoms with Crippen LogP contribution in [-0.2, 0) is 11.3 Å². The molecule has 0 aliphatic heterocycles. The first-order valence-electron chi connectivity index (χ1n) is 8.30. The highest BCUT2D eigenvalue weighted by Gasteiger charge is 2.05. The highest BCUT2D eigenvalue weighted by atomic mass is 16.2. The zero-order valence-electron chi connectivity index (χ0n) is 14.3. The minimum absolute atomic E-state index is 0.0849. The zero-order valence-corrected chi connectivity index (χ0v) is 14.3. The summed E-state index contributed by atoms with van der Waals surface area (Å²) < 4.78 is 0. The van der Waals surface area contributed by atoms with Gasteiger partial charge in [0.05, 0.1) is 0 Å². The second-order valence-electron chi connectivity index (χ2n) is 5.69. The first-order valence-corrected chi connectivity index (χ1v) is 8.30. The van der Waals surface area contributed by atoms with E-state index in [1.165, 1.54) is 0 Å². The lowest BCUT2D eigenvalue weighted by Crippen LogP contribution is -2.27. The van der Waals surface area contributed by atoms with E-state index in [4.69, 9.17) is 5.73 Å². The van der Waals surface area contributed by atoms with E-state index < -0.39 is 6.03 Å². The lowest BCUT2D eigenvalue weighted by atomic mass is 10.2. The van der Waals surface area contributed by atoms with Gasteiger partial charge >= 0.3 is 6.03 Å². The second kappa shape index (κ2) is 9.83. The van der Waals surface area contributed by atoms with Crippen LogP contribution in [0.3, 0.4) is 0 Å². The molecule has 4 amide bonds. The Kier molecular flexibility index (Phi) is 7.17. The molecule has 0 aliphatic rings. The van der Waals surface area contributed by atoms with Crippen LogP contribution in [0.25, 0.3) is 0 Å². The molecule has 0 heterocycles. The molecule has 2 aromatic carbocycles. The van der Waals surface area contributed by atoms with Crippen molar-refractivity contribution in [1.29, 1.82) is 0 Å². The van der Waals surface area contributed by atoms with Crippen LogP contribution in [0.2, 0.25) is 0 Å². The third-order valence-corrected chi connectivity index (χ3v) is 3.61. The van der Waals surface area contributed by atoms with Crippen molar-refractivity contribution < 1.29 is 14.4 Å². The molecule has 7 heteroatoms. The molecule has 2 rings (SSSR count). The van der Waals surface area contributed by atoms with Crippen LogP contribution >= 0.6 is 0 Å². The predicted octanol–water partition coefficient (Wildman–Crippen LogP) is 2.00. The normalized spacial score (nSPS) is 10.0. The van der Waals surface area contributed by atoms with Crippen molar-refractivity contribution in [1.82, 2.24) is 10.6 Å². The van der Waals surface area contributed by atoms with Crippen LogP contribution in [-0.4, -0.2) is 24.4 Å². The monoisotopic (exact) mass is 354 g/mol. The Morgan fingerprint density at radius 1 is 0.885 bits per heavy atom. The van der Waals surface area contributed by atoms with Gasteiger partial charge in [0.25, 0.3) is 5.91 Å². The van der Waals surface area contributed by atoms with Crippen molar-refractivity contribution in [2.24, 2.45) is 5.73 Å². The maximum atomic E-state index is 11.8. The highest BCUT2D eigenvalue weighted by Crippen LogP contribution is 2.09. The molecule has 5 N–H and O–H groups in total. The quantitative estimate of drug-likeness (QED) is 0.544. The van der Waals surface area contributed by atoms with E-state index in [0.29, 0.717) is 37.2 Å². The Labute approximate surface area is 152 Å². The summed E-state index contributed by atoms with van der Waals surface area (Å²) in [6.07, 6.45) is 0.891. The molecule has 0 fully saturated rings. The number of amides is 4. The summed E-state index contributed by atoms with van der Waals surface area (Å²) in [5.41, 5.74) is 7.15. The van der Waals surface area contributed by atoms with Gasteiger partial charge in [-0.15, -0.1) is 0 Å². The summed E-state index contributed by atoms with van der Waals surface area (Å²) in [5, 5.41) is 8.07. The topological polar surface area (TPSA) is 113 Å². The standard InChI is InChI=1S/C19H22N4O3/c20-19(26)23-16-10-8-14(9-11-16)13-22-17(24)7-4-12-21-18(25)15-5-2-1-3-6-15/h1-3,5-6,8-11H,4,7,12-13H2,(H,21,25)(H,22,24)(H3,20,23,26). The maximum absolute atomic E-state index is 11.8. The van der Waals surface area contributed by atoms with Gasteiger partial charge in [0.15, 0.2) is 0 Å². The number of rotatable bonds is 8. The average Bonchev–Trinajstić information content (AvgIpc) is 2.65. The molecular weight excluding hydrogens is 332 g/mol. The molecule has 7 nitrogen and oxygen atoms in total. The Morgan fingerprint density at radius 2 is 1.58 bits per heavy atom. The largest absolute Gasteiger partial charge is 0.352 e. The third-order valence-electron chi connectivity index (χ3n) is 3.61. The number of nitrogens with one attached hydrogen (secondary N) is 3. The Morgan fingerprint density at radius 3 is 2.23 bits per heavy atom. The van der Waals surface area contributed by atoms with E-state index in [9.17, 15) is 14.4 Å². The van der Waals surface area contributed by atoms with Gasteiger partial charge in [-0.05, 0) is 36.2 Å². The van der Waals surface area contributed by atoms with E-state index in [0.717, 1.165) is 5.56 Å². The predicted molar refractivity (Wildman–Crippen MR) is 99.5 cm³/mol. The molecule has 0 bridgehead atoms. The Hall–Kier alpha value is -3.35. The van der Waals surface area contributed by atoms with Gasteiger partial charge < -0.3 is 21.7 Å². The van der Waals surface area contributed by atoms with Crippen LogP contribution in [0.5, 0.6) is 0 Å². The molecule has 136 valence electrons. The van der Waals surface area contributed by atoms with Crippen molar-refractivity contribution >= 4 is 23.5 Å². The van der Waals surface area contributed by atoms with Gasteiger partial charge in [-0.25, -0.2) is 4.79 Å². The van der Waals surface area contributed by atoms with Crippen LogP contribution < -0.4 is 21.7 Å². The fourth-order valence-corrected chi connectivity index (χ4v) is 2.28. The van der Waals surface area contributed by atoms with Crippen LogP contribution in [0.4, 0.5) is 10.5 Å². The zero-order chi connectivity index (χ0) is 18.8. The number of hydrogen-bond acceptors (Lipinski definition) is 3. The Balaban J connectivity index is 1.63. The molecule has 0 aliphatic carbocycles. The number of urea groups is 1. The SMILES string of the molecule is NC(=O)Nc1ccc(CNC(=O)CCCNC(=O)c2ccccc2)cc1. The molecule has 2 aromatic rings. The summed E-state index contributed by atoms with van der Waals surface area (Å²) >= 11 is 0. The van der Waals surface area contributed by atoms with Gasteiger partial charge in [-0.3, -0.25) is 9.59 Å². The Bertz CT molecular complexity index is 745. The van der Waals surface area contributed by atoms with Crippen molar-refractivity contribution in [3.05, 3.63) is 65.7 Å². The number of hydrogen-bond donors (Lipinski definition) is 4. The molecule has 0 radical (unpaired) electrons. The number of carbonyl (C=O) groups excluding carboxylic acids is 3. The van der Waals surface area contributed by atoms with E-state index in [1.807, 2.05) is 6.07 Å². The molecule has 0 aromatic heterocycles. The van der Waals surface area contributed by atoms with E-state index in [-0.39, 0.29) is 11.8 Å². The van der Waals surface area contributed by atoms with Gasteiger partial charge in [-0.1, -0.05) is 30.3 Å². The lowest BCUT2D eigenvalue weighted by molar-refractivity contribution is -0.121. The van der Waals surface area contributed by atoms with Crippen molar-refractivity contribution in [2.75, 3.05) is 11.9 Å². The maximum Gasteiger partial charge on any atom is 0.316 e. The van der Waals surface area contributed by atoms with E-state index >= 15 is 0 Å². The molecule has 0 spiro atoms. The van der Waals surface area contributed by atoms with Crippen molar-refractivity contribution in [3.8, 4) is 0 Å². The number of anilines is 1. The number of carbonyl (C=O) groups is 3. The van der Waals surface area contributed by atoms with Gasteiger partial charge in [0, 0.05) is 30.8 Å². The number of nitrogens with two attached hydrogens (primary N) is 1.